The molecule has 126 valence electrons. The summed E-state index contributed by atoms with van der Waals surface area (Å²) in [7, 11) is -1.92. The maximum atomic E-state index is 10.4. The van der Waals surface area contributed by atoms with Crippen LogP contribution in [-0.4, -0.2) is 37.3 Å². The average molecular weight is 317 g/mol. The molecule has 0 aromatic carbocycles. The third kappa shape index (κ3) is 5.51. The fourth-order valence-corrected chi connectivity index (χ4v) is 3.63. The van der Waals surface area contributed by atoms with E-state index < -0.39 is 14.4 Å². The van der Waals surface area contributed by atoms with E-state index in [0.717, 1.165) is 0 Å². The van der Waals surface area contributed by atoms with Crippen molar-refractivity contribution >= 4 is 8.32 Å². The van der Waals surface area contributed by atoms with E-state index in [1.165, 1.54) is 0 Å². The van der Waals surface area contributed by atoms with Gasteiger partial charge in [0.2, 0.25) is 0 Å². The highest BCUT2D eigenvalue weighted by molar-refractivity contribution is 6.74. The number of hydrogen-bond acceptors (Lipinski definition) is 3. The molecular weight excluding hydrogens is 280 g/mol. The first-order valence-electron chi connectivity index (χ1n) is 7.98. The molecule has 0 spiro atoms. The van der Waals surface area contributed by atoms with Crippen molar-refractivity contribution < 1.29 is 14.6 Å². The van der Waals surface area contributed by atoms with Gasteiger partial charge in [0.15, 0.2) is 8.32 Å². The van der Waals surface area contributed by atoms with Gasteiger partial charge in [-0.25, -0.2) is 0 Å². The molecular formula is C17H36O3Si. The Hall–Kier alpha value is -0.163. The molecule has 4 heteroatoms. The smallest absolute Gasteiger partial charge is 0.192 e. The van der Waals surface area contributed by atoms with Crippen molar-refractivity contribution in [2.45, 2.75) is 71.9 Å². The highest BCUT2D eigenvalue weighted by Gasteiger charge is 2.42. The van der Waals surface area contributed by atoms with Crippen molar-refractivity contribution in [3.8, 4) is 0 Å². The highest BCUT2D eigenvalue weighted by Crippen LogP contribution is 2.39. The molecule has 0 aromatic heterocycles. The van der Waals surface area contributed by atoms with Crippen molar-refractivity contribution in [1.29, 1.82) is 0 Å². The summed E-state index contributed by atoms with van der Waals surface area (Å²) in [6, 6.07) is 0. The molecule has 2 N–H and O–H groups in total. The predicted octanol–water partition coefficient (Wildman–Crippen LogP) is 3.82. The Kier molecular flexibility index (Phi) is 7.85. The normalized spacial score (nSPS) is 20.5. The van der Waals surface area contributed by atoms with E-state index in [1.807, 2.05) is 19.9 Å². The first kappa shape index (κ1) is 20.8. The first-order valence-corrected chi connectivity index (χ1v) is 10.9. The molecule has 0 amide bonds. The summed E-state index contributed by atoms with van der Waals surface area (Å²) in [5.74, 6) is -0.0357. The van der Waals surface area contributed by atoms with Gasteiger partial charge in [0.25, 0.3) is 0 Å². The van der Waals surface area contributed by atoms with Gasteiger partial charge in [-0.2, -0.15) is 0 Å². The molecule has 0 fully saturated rings. The largest absolute Gasteiger partial charge is 0.413 e. The van der Waals surface area contributed by atoms with Gasteiger partial charge in [-0.3, -0.25) is 0 Å². The monoisotopic (exact) mass is 316 g/mol. The third-order valence-electron chi connectivity index (χ3n) is 5.05. The Morgan fingerprint density at radius 3 is 2.00 bits per heavy atom. The lowest BCUT2D eigenvalue weighted by molar-refractivity contribution is -0.0259. The lowest BCUT2D eigenvalue weighted by atomic mass is 9.84. The number of aliphatic hydroxyl groups excluding tert-OH is 2. The van der Waals surface area contributed by atoms with Crippen LogP contribution < -0.4 is 0 Å². The van der Waals surface area contributed by atoms with Crippen molar-refractivity contribution in [2.24, 2.45) is 17.8 Å². The van der Waals surface area contributed by atoms with Gasteiger partial charge in [-0.15, -0.1) is 6.58 Å². The van der Waals surface area contributed by atoms with E-state index >= 15 is 0 Å². The van der Waals surface area contributed by atoms with Crippen LogP contribution in [0.15, 0.2) is 12.7 Å². The van der Waals surface area contributed by atoms with Crippen LogP contribution in [0, 0.1) is 17.8 Å². The summed E-state index contributed by atoms with van der Waals surface area (Å²) >= 11 is 0. The fourth-order valence-electron chi connectivity index (χ4n) is 2.17. The predicted molar refractivity (Wildman–Crippen MR) is 92.9 cm³/mol. The van der Waals surface area contributed by atoms with Gasteiger partial charge >= 0.3 is 0 Å². The minimum atomic E-state index is -1.92. The van der Waals surface area contributed by atoms with Gasteiger partial charge in [0.05, 0.1) is 12.2 Å². The van der Waals surface area contributed by atoms with Crippen LogP contribution in [0.25, 0.3) is 0 Å². The summed E-state index contributed by atoms with van der Waals surface area (Å²) in [4.78, 5) is 0. The van der Waals surface area contributed by atoms with E-state index in [4.69, 9.17) is 4.43 Å². The summed E-state index contributed by atoms with van der Waals surface area (Å²) in [6.07, 6.45) is 1.24. The molecule has 0 aliphatic rings. The second-order valence-electron chi connectivity index (χ2n) is 7.95. The molecule has 0 aliphatic heterocycles. The van der Waals surface area contributed by atoms with Gasteiger partial charge in [0.1, 0.15) is 0 Å². The first-order chi connectivity index (χ1) is 9.39. The van der Waals surface area contributed by atoms with Crippen LogP contribution in [0.3, 0.4) is 0 Å². The lowest BCUT2D eigenvalue weighted by Gasteiger charge is -2.43. The summed E-state index contributed by atoms with van der Waals surface area (Å²) < 4.78 is 6.56. The molecule has 0 aromatic rings. The Bertz CT molecular complexity index is 322. The topological polar surface area (TPSA) is 49.7 Å². The van der Waals surface area contributed by atoms with E-state index in [-0.39, 0.29) is 35.5 Å². The molecule has 0 heterocycles. The molecule has 21 heavy (non-hydrogen) atoms. The van der Waals surface area contributed by atoms with Crippen LogP contribution in [-0.2, 0) is 4.43 Å². The third-order valence-corrected chi connectivity index (χ3v) is 9.53. The standard InChI is InChI=1S/C17H36O3Si/c1-10-12(2)16(14(4)15(19)13(3)11-18)20-21(8,9)17(5,6)7/h10,12-16,18-19H,1,11H2,2-9H3/t12-,13?,14+,15-,16+/m0/s1. The molecule has 3 nitrogen and oxygen atoms in total. The van der Waals surface area contributed by atoms with Gasteiger partial charge in [-0.05, 0) is 24.1 Å². The Balaban J connectivity index is 5.27. The Morgan fingerprint density at radius 2 is 1.67 bits per heavy atom. The van der Waals surface area contributed by atoms with Crippen molar-refractivity contribution in [3.63, 3.8) is 0 Å². The van der Waals surface area contributed by atoms with Gasteiger partial charge < -0.3 is 14.6 Å². The number of hydrogen-bond donors (Lipinski definition) is 2. The minimum absolute atomic E-state index is 0.0131. The second kappa shape index (κ2) is 7.91. The number of aliphatic hydroxyl groups is 2. The molecule has 0 radical (unpaired) electrons. The molecule has 0 bridgehead atoms. The fraction of sp³-hybridized carbons (Fsp3) is 0.882. The van der Waals surface area contributed by atoms with E-state index in [0.29, 0.717) is 0 Å². The Labute approximate surface area is 132 Å². The average Bonchev–Trinajstić information content (AvgIpc) is 2.40. The van der Waals surface area contributed by atoms with Gasteiger partial charge in [-0.1, -0.05) is 47.6 Å². The van der Waals surface area contributed by atoms with E-state index in [1.54, 1.807) is 0 Å². The van der Waals surface area contributed by atoms with Crippen LogP contribution >= 0.6 is 0 Å². The summed E-state index contributed by atoms with van der Waals surface area (Å²) in [5, 5.41) is 19.8. The van der Waals surface area contributed by atoms with Crippen LogP contribution in [0.5, 0.6) is 0 Å². The molecule has 1 unspecified atom stereocenters. The van der Waals surface area contributed by atoms with Crippen molar-refractivity contribution in [2.75, 3.05) is 6.61 Å². The number of rotatable bonds is 8. The quantitative estimate of drug-likeness (QED) is 0.528. The van der Waals surface area contributed by atoms with Gasteiger partial charge in [0, 0.05) is 18.4 Å². The molecule has 5 atom stereocenters. The lowest BCUT2D eigenvalue weighted by Crippen LogP contribution is -2.49. The zero-order chi connectivity index (χ0) is 17.0. The van der Waals surface area contributed by atoms with Crippen LogP contribution in [0.1, 0.15) is 41.5 Å². The summed E-state index contributed by atoms with van der Waals surface area (Å²) in [5.41, 5.74) is 0. The van der Waals surface area contributed by atoms with Crippen LogP contribution in [0.2, 0.25) is 18.1 Å². The molecule has 0 saturated heterocycles. The minimum Gasteiger partial charge on any atom is -0.413 e. The second-order valence-corrected chi connectivity index (χ2v) is 12.7. The molecule has 0 aliphatic carbocycles. The van der Waals surface area contributed by atoms with E-state index in [9.17, 15) is 10.2 Å². The zero-order valence-electron chi connectivity index (χ0n) is 15.2. The summed E-state index contributed by atoms with van der Waals surface area (Å²) in [6.45, 7) is 20.9. The van der Waals surface area contributed by atoms with Crippen LogP contribution in [0.4, 0.5) is 0 Å². The Morgan fingerprint density at radius 1 is 1.19 bits per heavy atom. The van der Waals surface area contributed by atoms with E-state index in [2.05, 4.69) is 47.4 Å². The van der Waals surface area contributed by atoms with Crippen molar-refractivity contribution in [3.05, 3.63) is 12.7 Å². The highest BCUT2D eigenvalue weighted by atomic mass is 28.4. The molecule has 0 rings (SSSR count). The maximum Gasteiger partial charge on any atom is 0.192 e. The zero-order valence-corrected chi connectivity index (χ0v) is 16.2. The molecule has 0 saturated carbocycles. The van der Waals surface area contributed by atoms with Crippen molar-refractivity contribution in [1.82, 2.24) is 0 Å². The SMILES string of the molecule is C=C[C@H](C)[C@@H](O[Si](C)(C)C(C)(C)C)[C@H](C)[C@@H](O)C(C)CO. The maximum absolute atomic E-state index is 10.4.